The number of rotatable bonds is 19. The second-order valence-corrected chi connectivity index (χ2v) is 14.9. The first-order valence-corrected chi connectivity index (χ1v) is 18.7. The third kappa shape index (κ3) is 13.0. The SMILES string of the molecule is CCCC(CCC)S(=O)(=O)CC(NC(=O)c1ccc(C(F)(F)F)cc1)C(=O)N[C@@H](Cc1cc(F)cc(F)c1)[C@H](O)CNCc1cccc(CC)c1. The van der Waals surface area contributed by atoms with Crippen LogP contribution < -0.4 is 16.0 Å². The lowest BCUT2D eigenvalue weighted by molar-refractivity contribution is -0.137. The van der Waals surface area contributed by atoms with Crippen molar-refractivity contribution in [3.8, 4) is 0 Å². The van der Waals surface area contributed by atoms with Crippen molar-refractivity contribution in [1.82, 2.24) is 16.0 Å². The van der Waals surface area contributed by atoms with Gasteiger partial charge in [-0.15, -0.1) is 0 Å². The number of aliphatic hydroxyl groups excluding tert-OH is 1. The molecule has 0 spiro atoms. The molecule has 3 aromatic carbocycles. The fraction of sp³-hybridized carbons (Fsp3) is 0.459. The van der Waals surface area contributed by atoms with Crippen LogP contribution in [0.4, 0.5) is 22.0 Å². The molecule has 0 bridgehead atoms. The first-order valence-electron chi connectivity index (χ1n) is 17.0. The number of hydrogen-bond acceptors (Lipinski definition) is 6. The first kappa shape index (κ1) is 41.5. The number of nitrogens with one attached hydrogen (secondary N) is 3. The van der Waals surface area contributed by atoms with Crippen molar-refractivity contribution in [3.05, 3.63) is 106 Å². The van der Waals surface area contributed by atoms with Gasteiger partial charge in [0.2, 0.25) is 5.91 Å². The second kappa shape index (κ2) is 19.1. The number of hydrogen-bond donors (Lipinski definition) is 4. The number of halogens is 5. The molecule has 0 aliphatic carbocycles. The van der Waals surface area contributed by atoms with Crippen LogP contribution >= 0.6 is 0 Å². The van der Waals surface area contributed by atoms with Gasteiger partial charge in [-0.3, -0.25) is 9.59 Å². The predicted octanol–water partition coefficient (Wildman–Crippen LogP) is 5.91. The number of carbonyl (C=O) groups is 2. The van der Waals surface area contributed by atoms with Gasteiger partial charge in [0.15, 0.2) is 9.84 Å². The summed E-state index contributed by atoms with van der Waals surface area (Å²) >= 11 is 0. The molecule has 0 radical (unpaired) electrons. The highest BCUT2D eigenvalue weighted by Gasteiger charge is 2.35. The molecule has 0 aromatic heterocycles. The molecule has 14 heteroatoms. The lowest BCUT2D eigenvalue weighted by Crippen LogP contribution is -2.57. The summed E-state index contributed by atoms with van der Waals surface area (Å²) in [5.74, 6) is -4.61. The summed E-state index contributed by atoms with van der Waals surface area (Å²) in [6.07, 6.45) is -3.79. The Hall–Kier alpha value is -3.88. The monoisotopic (exact) mass is 739 g/mol. The lowest BCUT2D eigenvalue weighted by Gasteiger charge is -2.28. The Labute approximate surface area is 296 Å². The fourth-order valence-corrected chi connectivity index (χ4v) is 7.93. The van der Waals surface area contributed by atoms with E-state index >= 15 is 0 Å². The first-order chi connectivity index (χ1) is 24.1. The highest BCUT2D eigenvalue weighted by molar-refractivity contribution is 7.92. The van der Waals surface area contributed by atoms with Crippen molar-refractivity contribution in [1.29, 1.82) is 0 Å². The largest absolute Gasteiger partial charge is 0.416 e. The van der Waals surface area contributed by atoms with E-state index in [0.717, 1.165) is 41.8 Å². The van der Waals surface area contributed by atoms with Gasteiger partial charge >= 0.3 is 6.18 Å². The maximum atomic E-state index is 14.1. The third-order valence-electron chi connectivity index (χ3n) is 8.48. The number of aryl methyl sites for hydroxylation is 1. The molecule has 280 valence electrons. The Morgan fingerprint density at radius 1 is 0.824 bits per heavy atom. The number of alkyl halides is 3. The van der Waals surface area contributed by atoms with Gasteiger partial charge < -0.3 is 21.1 Å². The van der Waals surface area contributed by atoms with E-state index in [1.165, 1.54) is 0 Å². The Morgan fingerprint density at radius 3 is 2.00 bits per heavy atom. The number of aliphatic hydroxyl groups is 1. The molecule has 0 fully saturated rings. The smallest absolute Gasteiger partial charge is 0.390 e. The van der Waals surface area contributed by atoms with Crippen molar-refractivity contribution in [2.24, 2.45) is 0 Å². The van der Waals surface area contributed by atoms with Crippen LogP contribution in [-0.2, 0) is 40.2 Å². The third-order valence-corrected chi connectivity index (χ3v) is 10.8. The minimum atomic E-state index is -4.66. The fourth-order valence-electron chi connectivity index (χ4n) is 5.77. The van der Waals surface area contributed by atoms with E-state index in [0.29, 0.717) is 50.4 Å². The predicted molar refractivity (Wildman–Crippen MR) is 186 cm³/mol. The molecule has 8 nitrogen and oxygen atoms in total. The molecular weight excluding hydrogens is 693 g/mol. The van der Waals surface area contributed by atoms with Gasteiger partial charge in [0.1, 0.15) is 17.7 Å². The summed E-state index contributed by atoms with van der Waals surface area (Å²) in [4.78, 5) is 27.1. The van der Waals surface area contributed by atoms with Gasteiger partial charge in [0.05, 0.1) is 28.7 Å². The number of benzene rings is 3. The summed E-state index contributed by atoms with van der Waals surface area (Å²) in [6.45, 7) is 5.89. The van der Waals surface area contributed by atoms with Crippen LogP contribution in [0.5, 0.6) is 0 Å². The Kier molecular flexibility index (Phi) is 15.6. The van der Waals surface area contributed by atoms with E-state index < -0.39 is 74.2 Å². The molecule has 0 saturated carbocycles. The zero-order valence-corrected chi connectivity index (χ0v) is 29.7. The Bertz CT molecular complexity index is 1680. The zero-order chi connectivity index (χ0) is 37.8. The molecule has 51 heavy (non-hydrogen) atoms. The van der Waals surface area contributed by atoms with Gasteiger partial charge in [0, 0.05) is 24.7 Å². The number of amides is 2. The molecule has 0 saturated heterocycles. The van der Waals surface area contributed by atoms with Crippen molar-refractivity contribution in [3.63, 3.8) is 0 Å². The van der Waals surface area contributed by atoms with Crippen molar-refractivity contribution in [2.75, 3.05) is 12.3 Å². The van der Waals surface area contributed by atoms with E-state index in [-0.39, 0.29) is 24.1 Å². The van der Waals surface area contributed by atoms with Crippen molar-refractivity contribution in [2.45, 2.75) is 95.5 Å². The molecule has 3 aromatic rings. The average Bonchev–Trinajstić information content (AvgIpc) is 3.06. The van der Waals surface area contributed by atoms with Crippen LogP contribution in [0.1, 0.15) is 79.1 Å². The van der Waals surface area contributed by atoms with Crippen LogP contribution in [0.3, 0.4) is 0 Å². The molecule has 4 N–H and O–H groups in total. The highest BCUT2D eigenvalue weighted by Crippen LogP contribution is 2.29. The van der Waals surface area contributed by atoms with Gasteiger partial charge in [-0.2, -0.15) is 13.2 Å². The van der Waals surface area contributed by atoms with E-state index in [1.54, 1.807) is 0 Å². The van der Waals surface area contributed by atoms with Crippen LogP contribution in [0.2, 0.25) is 0 Å². The van der Waals surface area contributed by atoms with Gasteiger partial charge in [-0.1, -0.05) is 57.9 Å². The summed E-state index contributed by atoms with van der Waals surface area (Å²) in [6, 6.07) is 10.7. The molecule has 3 atom stereocenters. The minimum absolute atomic E-state index is 0.0882. The normalized spacial score (nSPS) is 13.8. The summed E-state index contributed by atoms with van der Waals surface area (Å²) < 4.78 is 94.8. The molecule has 0 heterocycles. The molecule has 0 aliphatic heterocycles. The molecule has 1 unspecified atom stereocenters. The van der Waals surface area contributed by atoms with E-state index in [4.69, 9.17) is 0 Å². The summed E-state index contributed by atoms with van der Waals surface area (Å²) in [5, 5.41) is 18.5. The standard InChI is InChI=1S/C37H46F5N3O5S/c1-4-8-31(9-5-2)51(49,50)23-33(45-35(47)27-12-14-28(15-13-27)37(40,41)42)36(48)44-32(19-26-17-29(38)20-30(39)18-26)34(46)22-43-21-25-11-7-10-24(6-3)16-25/h7,10-18,20,31-34,43,46H,4-6,8-9,19,21-23H2,1-3H3,(H,44,48)(H,45,47)/t32-,33?,34+/m0/s1. The van der Waals surface area contributed by atoms with Gasteiger partial charge in [0.25, 0.3) is 5.91 Å². The topological polar surface area (TPSA) is 125 Å². The minimum Gasteiger partial charge on any atom is -0.390 e. The zero-order valence-electron chi connectivity index (χ0n) is 28.9. The number of carbonyl (C=O) groups excluding carboxylic acids is 2. The van der Waals surface area contributed by atoms with Crippen LogP contribution in [0, 0.1) is 11.6 Å². The lowest BCUT2D eigenvalue weighted by atomic mass is 10.00. The quantitative estimate of drug-likeness (QED) is 0.114. The maximum absolute atomic E-state index is 14.1. The van der Waals surface area contributed by atoms with Gasteiger partial charge in [-0.05, 0) is 78.8 Å². The second-order valence-electron chi connectivity index (χ2n) is 12.6. The molecular formula is C37H46F5N3O5S. The average molecular weight is 740 g/mol. The summed E-state index contributed by atoms with van der Waals surface area (Å²) in [5.41, 5.74) is 0.874. The van der Waals surface area contributed by atoms with Crippen molar-refractivity contribution >= 4 is 21.7 Å². The van der Waals surface area contributed by atoms with Crippen LogP contribution in [0.15, 0.2) is 66.7 Å². The maximum Gasteiger partial charge on any atom is 0.416 e. The van der Waals surface area contributed by atoms with E-state index in [1.807, 2.05) is 45.0 Å². The number of sulfone groups is 1. The van der Waals surface area contributed by atoms with E-state index in [2.05, 4.69) is 16.0 Å². The van der Waals surface area contributed by atoms with Crippen LogP contribution in [0.25, 0.3) is 0 Å². The Morgan fingerprint density at radius 2 is 1.43 bits per heavy atom. The summed E-state index contributed by atoms with van der Waals surface area (Å²) in [7, 11) is -4.02. The van der Waals surface area contributed by atoms with Crippen molar-refractivity contribution < 1.29 is 45.1 Å². The van der Waals surface area contributed by atoms with Gasteiger partial charge in [-0.25, -0.2) is 17.2 Å². The highest BCUT2D eigenvalue weighted by atomic mass is 32.2. The van der Waals surface area contributed by atoms with E-state index in [9.17, 15) is 45.1 Å². The van der Waals surface area contributed by atoms with Crippen LogP contribution in [-0.4, -0.2) is 61.1 Å². The molecule has 0 aliphatic rings. The molecule has 2 amide bonds. The Balaban J connectivity index is 1.91. The molecule has 3 rings (SSSR count).